The Morgan fingerprint density at radius 3 is 2.67 bits per heavy atom. The van der Waals surface area contributed by atoms with E-state index in [-0.39, 0.29) is 11.1 Å². The third kappa shape index (κ3) is 3.24. The molecule has 1 nitrogen and oxygen atoms in total. The molecule has 0 saturated heterocycles. The van der Waals surface area contributed by atoms with Gasteiger partial charge in [0.2, 0.25) is 0 Å². The summed E-state index contributed by atoms with van der Waals surface area (Å²) in [4.78, 5) is 0. The maximum Gasteiger partial charge on any atom is 0.141 e. The summed E-state index contributed by atoms with van der Waals surface area (Å²) in [7, 11) is 0. The molecule has 0 aromatic heterocycles. The van der Waals surface area contributed by atoms with Gasteiger partial charge in [-0.2, -0.15) is 0 Å². The van der Waals surface area contributed by atoms with Gasteiger partial charge in [0, 0.05) is 16.2 Å². The van der Waals surface area contributed by atoms with Gasteiger partial charge in [-0.3, -0.25) is 0 Å². The Kier molecular flexibility index (Phi) is 4.25. The van der Waals surface area contributed by atoms with Crippen LogP contribution in [-0.2, 0) is 0 Å². The molecule has 1 unspecified atom stereocenters. The first-order chi connectivity index (χ1) is 8.56. The van der Waals surface area contributed by atoms with Gasteiger partial charge in [-0.15, -0.1) is 0 Å². The standard InChI is InChI=1S/C14H12BrClFN/c1-9(10-5-6-14(17)13(16)7-10)18-12-4-2-3-11(15)8-12/h2-9,18H,1H3. The molecular formula is C14H12BrClFN. The van der Waals surface area contributed by atoms with Gasteiger partial charge in [0.15, 0.2) is 0 Å². The summed E-state index contributed by atoms with van der Waals surface area (Å²) in [5.74, 6) is -0.393. The predicted octanol–water partition coefficient (Wildman–Crippen LogP) is 5.41. The summed E-state index contributed by atoms with van der Waals surface area (Å²) >= 11 is 9.19. The molecular weight excluding hydrogens is 317 g/mol. The molecule has 4 heteroatoms. The van der Waals surface area contributed by atoms with Gasteiger partial charge in [0.25, 0.3) is 0 Å². The first-order valence-electron chi connectivity index (χ1n) is 5.53. The van der Waals surface area contributed by atoms with Crippen LogP contribution < -0.4 is 5.32 Å². The summed E-state index contributed by atoms with van der Waals surface area (Å²) in [6.45, 7) is 2.00. The van der Waals surface area contributed by atoms with Crippen molar-refractivity contribution in [2.24, 2.45) is 0 Å². The van der Waals surface area contributed by atoms with E-state index in [0.29, 0.717) is 0 Å². The van der Waals surface area contributed by atoms with Crippen molar-refractivity contribution >= 4 is 33.2 Å². The predicted molar refractivity (Wildman–Crippen MR) is 77.6 cm³/mol. The molecule has 1 atom stereocenters. The molecule has 0 radical (unpaired) electrons. The highest BCUT2D eigenvalue weighted by molar-refractivity contribution is 9.10. The minimum Gasteiger partial charge on any atom is -0.378 e. The van der Waals surface area contributed by atoms with Crippen molar-refractivity contribution in [1.29, 1.82) is 0 Å². The minimum absolute atomic E-state index is 0.0531. The number of benzene rings is 2. The van der Waals surface area contributed by atoms with Crippen LogP contribution in [0.3, 0.4) is 0 Å². The van der Waals surface area contributed by atoms with Crippen molar-refractivity contribution in [3.8, 4) is 0 Å². The van der Waals surface area contributed by atoms with E-state index < -0.39 is 5.82 Å². The molecule has 0 spiro atoms. The molecule has 0 heterocycles. The van der Waals surface area contributed by atoms with E-state index in [4.69, 9.17) is 11.6 Å². The Morgan fingerprint density at radius 1 is 1.22 bits per heavy atom. The van der Waals surface area contributed by atoms with Gasteiger partial charge < -0.3 is 5.32 Å². The average molecular weight is 329 g/mol. The monoisotopic (exact) mass is 327 g/mol. The summed E-state index contributed by atoms with van der Waals surface area (Å²) in [6.07, 6.45) is 0. The lowest BCUT2D eigenvalue weighted by molar-refractivity contribution is 0.627. The SMILES string of the molecule is CC(Nc1cccc(Br)c1)c1ccc(F)c(Cl)c1. The van der Waals surface area contributed by atoms with E-state index in [1.807, 2.05) is 31.2 Å². The molecule has 0 amide bonds. The molecule has 2 aromatic carbocycles. The number of nitrogens with one attached hydrogen (secondary N) is 1. The molecule has 1 N–H and O–H groups in total. The van der Waals surface area contributed by atoms with Crippen LogP contribution in [-0.4, -0.2) is 0 Å². The second kappa shape index (κ2) is 5.72. The van der Waals surface area contributed by atoms with Crippen molar-refractivity contribution < 1.29 is 4.39 Å². The molecule has 0 fully saturated rings. The van der Waals surface area contributed by atoms with Crippen LogP contribution in [0.15, 0.2) is 46.9 Å². The summed E-state index contributed by atoms with van der Waals surface area (Å²) < 4.78 is 14.1. The lowest BCUT2D eigenvalue weighted by atomic mass is 10.1. The molecule has 0 bridgehead atoms. The summed E-state index contributed by atoms with van der Waals surface area (Å²) in [5, 5.41) is 3.48. The van der Waals surface area contributed by atoms with Gasteiger partial charge in [0.1, 0.15) is 5.82 Å². The van der Waals surface area contributed by atoms with Gasteiger partial charge in [-0.25, -0.2) is 4.39 Å². The maximum atomic E-state index is 13.1. The van der Waals surface area contributed by atoms with Crippen LogP contribution in [0.2, 0.25) is 5.02 Å². The van der Waals surface area contributed by atoms with Gasteiger partial charge in [-0.1, -0.05) is 39.7 Å². The van der Waals surface area contributed by atoms with Crippen LogP contribution in [0.5, 0.6) is 0 Å². The van der Waals surface area contributed by atoms with Crippen LogP contribution in [0.25, 0.3) is 0 Å². The zero-order chi connectivity index (χ0) is 13.1. The Bertz CT molecular complexity index is 559. The van der Waals surface area contributed by atoms with E-state index >= 15 is 0 Å². The van der Waals surface area contributed by atoms with E-state index in [0.717, 1.165) is 15.7 Å². The molecule has 0 saturated carbocycles. The number of anilines is 1. The van der Waals surface area contributed by atoms with Crippen LogP contribution >= 0.6 is 27.5 Å². The van der Waals surface area contributed by atoms with Crippen molar-refractivity contribution in [3.63, 3.8) is 0 Å². The molecule has 18 heavy (non-hydrogen) atoms. The first-order valence-corrected chi connectivity index (χ1v) is 6.70. The summed E-state index contributed by atoms with van der Waals surface area (Å²) in [6, 6.07) is 12.7. The lowest BCUT2D eigenvalue weighted by Crippen LogP contribution is -2.06. The van der Waals surface area contributed by atoms with Crippen molar-refractivity contribution in [2.45, 2.75) is 13.0 Å². The van der Waals surface area contributed by atoms with E-state index in [1.54, 1.807) is 12.1 Å². The molecule has 2 aromatic rings. The number of hydrogen-bond acceptors (Lipinski definition) is 1. The van der Waals surface area contributed by atoms with Gasteiger partial charge >= 0.3 is 0 Å². The maximum absolute atomic E-state index is 13.1. The van der Waals surface area contributed by atoms with E-state index in [2.05, 4.69) is 21.2 Å². The largest absolute Gasteiger partial charge is 0.378 e. The molecule has 94 valence electrons. The molecule has 2 rings (SSSR count). The van der Waals surface area contributed by atoms with Crippen LogP contribution in [0, 0.1) is 5.82 Å². The highest BCUT2D eigenvalue weighted by Gasteiger charge is 2.08. The Morgan fingerprint density at radius 2 is 2.00 bits per heavy atom. The zero-order valence-corrected chi connectivity index (χ0v) is 12.1. The lowest BCUT2D eigenvalue weighted by Gasteiger charge is -2.16. The Hall–Kier alpha value is -1.06. The van der Waals surface area contributed by atoms with Crippen LogP contribution in [0.4, 0.5) is 10.1 Å². The third-order valence-electron chi connectivity index (χ3n) is 2.65. The third-order valence-corrected chi connectivity index (χ3v) is 3.43. The number of rotatable bonds is 3. The van der Waals surface area contributed by atoms with Crippen molar-refractivity contribution in [2.75, 3.05) is 5.32 Å². The first kappa shape index (κ1) is 13.4. The second-order valence-electron chi connectivity index (χ2n) is 4.05. The molecule has 0 aliphatic carbocycles. The fourth-order valence-electron chi connectivity index (χ4n) is 1.69. The number of hydrogen-bond donors (Lipinski definition) is 1. The zero-order valence-electron chi connectivity index (χ0n) is 9.75. The molecule has 0 aliphatic heterocycles. The molecule has 0 aliphatic rings. The van der Waals surface area contributed by atoms with E-state index in [9.17, 15) is 4.39 Å². The van der Waals surface area contributed by atoms with Crippen LogP contribution in [0.1, 0.15) is 18.5 Å². The Balaban J connectivity index is 2.16. The average Bonchev–Trinajstić information content (AvgIpc) is 2.32. The normalized spacial score (nSPS) is 12.2. The number of halogens is 3. The summed E-state index contributed by atoms with van der Waals surface area (Å²) in [5.41, 5.74) is 1.94. The van der Waals surface area contributed by atoms with E-state index in [1.165, 1.54) is 6.07 Å². The quantitative estimate of drug-likeness (QED) is 0.794. The van der Waals surface area contributed by atoms with Gasteiger partial charge in [0.05, 0.1) is 5.02 Å². The fraction of sp³-hybridized carbons (Fsp3) is 0.143. The van der Waals surface area contributed by atoms with Gasteiger partial charge in [-0.05, 0) is 42.8 Å². The van der Waals surface area contributed by atoms with Crippen molar-refractivity contribution in [3.05, 3.63) is 63.3 Å². The van der Waals surface area contributed by atoms with Crippen molar-refractivity contribution in [1.82, 2.24) is 0 Å². The topological polar surface area (TPSA) is 12.0 Å². The second-order valence-corrected chi connectivity index (χ2v) is 5.37. The highest BCUT2D eigenvalue weighted by Crippen LogP contribution is 2.25. The Labute approximate surface area is 119 Å². The fourth-order valence-corrected chi connectivity index (χ4v) is 2.28. The smallest absolute Gasteiger partial charge is 0.141 e. The minimum atomic E-state index is -0.393. The highest BCUT2D eigenvalue weighted by atomic mass is 79.9.